The van der Waals surface area contributed by atoms with E-state index in [4.69, 9.17) is 16.6 Å². The van der Waals surface area contributed by atoms with Crippen LogP contribution >= 0.6 is 22.9 Å². The monoisotopic (exact) mass is 379 g/mol. The number of hydrogen-bond donors (Lipinski definition) is 0. The zero-order valence-corrected chi connectivity index (χ0v) is 16.6. The topological polar surface area (TPSA) is 36.4 Å². The number of amides is 1. The van der Waals surface area contributed by atoms with E-state index in [2.05, 4.69) is 18.7 Å². The van der Waals surface area contributed by atoms with E-state index in [1.54, 1.807) is 11.3 Å². The number of benzene rings is 1. The molecule has 1 fully saturated rings. The molecule has 136 valence electrons. The molecule has 0 aliphatic heterocycles. The third kappa shape index (κ3) is 4.33. The molecule has 0 radical (unpaired) electrons. The Kier molecular flexibility index (Phi) is 6.31. The first-order chi connectivity index (χ1) is 12.1. The van der Waals surface area contributed by atoms with Gasteiger partial charge in [-0.15, -0.1) is 0 Å². The molecule has 1 aliphatic rings. The van der Waals surface area contributed by atoms with Gasteiger partial charge in [-0.1, -0.05) is 49.6 Å². The summed E-state index contributed by atoms with van der Waals surface area (Å²) in [6.07, 6.45) is 4.35. The molecule has 0 spiro atoms. The minimum absolute atomic E-state index is 0.160. The fraction of sp³-hybridized carbons (Fsp3) is 0.579. The largest absolute Gasteiger partial charge is 0.302 e. The summed E-state index contributed by atoms with van der Waals surface area (Å²) >= 11 is 7.67. The van der Waals surface area contributed by atoms with Gasteiger partial charge in [0.1, 0.15) is 0 Å². The summed E-state index contributed by atoms with van der Waals surface area (Å²) in [4.78, 5) is 22.1. The Labute approximate surface area is 158 Å². The Morgan fingerprint density at radius 1 is 1.24 bits per heavy atom. The summed E-state index contributed by atoms with van der Waals surface area (Å²) in [5, 5.41) is 1.51. The number of carbonyl (C=O) groups excluding carboxylic acids is 1. The summed E-state index contributed by atoms with van der Waals surface area (Å²) in [5.74, 6) is 0.405. The Bertz CT molecular complexity index is 723. The summed E-state index contributed by atoms with van der Waals surface area (Å²) in [6.45, 7) is 7.89. The second kappa shape index (κ2) is 8.47. The molecule has 0 bridgehead atoms. The maximum atomic E-state index is 13.1. The molecule has 0 N–H and O–H groups in total. The van der Waals surface area contributed by atoms with E-state index in [0.29, 0.717) is 11.6 Å². The van der Waals surface area contributed by atoms with Crippen molar-refractivity contribution in [2.75, 3.05) is 31.1 Å². The number of nitrogens with zero attached hydrogens (tertiary/aromatic N) is 3. The first-order valence-corrected chi connectivity index (χ1v) is 10.4. The molecule has 1 amide bonds. The molecule has 1 heterocycles. The number of hydrogen-bond acceptors (Lipinski definition) is 4. The first-order valence-electron chi connectivity index (χ1n) is 9.22. The molecule has 0 atom stereocenters. The van der Waals surface area contributed by atoms with Crippen LogP contribution in [0, 0.1) is 5.92 Å². The van der Waals surface area contributed by atoms with Crippen molar-refractivity contribution in [3.05, 3.63) is 23.2 Å². The van der Waals surface area contributed by atoms with Gasteiger partial charge in [0, 0.05) is 24.0 Å². The lowest BCUT2D eigenvalue weighted by Gasteiger charge is -2.26. The molecule has 3 rings (SSSR count). The van der Waals surface area contributed by atoms with Crippen LogP contribution in [0.1, 0.15) is 39.5 Å². The summed E-state index contributed by atoms with van der Waals surface area (Å²) in [6, 6.07) is 5.72. The van der Waals surface area contributed by atoms with Crippen LogP contribution in [0.5, 0.6) is 0 Å². The maximum Gasteiger partial charge on any atom is 0.231 e. The Morgan fingerprint density at radius 2 is 1.96 bits per heavy atom. The normalized spacial score (nSPS) is 15.4. The number of aromatic nitrogens is 1. The van der Waals surface area contributed by atoms with E-state index in [0.717, 1.165) is 60.7 Å². The smallest absolute Gasteiger partial charge is 0.231 e. The van der Waals surface area contributed by atoms with Gasteiger partial charge < -0.3 is 4.90 Å². The summed E-state index contributed by atoms with van der Waals surface area (Å²) in [5.41, 5.74) is 0.913. The zero-order valence-electron chi connectivity index (χ0n) is 15.0. The third-order valence-corrected chi connectivity index (χ3v) is 6.35. The van der Waals surface area contributed by atoms with E-state index in [9.17, 15) is 4.79 Å². The van der Waals surface area contributed by atoms with Crippen molar-refractivity contribution in [2.24, 2.45) is 5.92 Å². The van der Waals surface area contributed by atoms with E-state index in [1.807, 2.05) is 23.1 Å². The van der Waals surface area contributed by atoms with Gasteiger partial charge in [0.2, 0.25) is 5.91 Å². The molecule has 1 saturated carbocycles. The van der Waals surface area contributed by atoms with Gasteiger partial charge >= 0.3 is 0 Å². The molecular weight excluding hydrogens is 354 g/mol. The average molecular weight is 380 g/mol. The number of rotatable bonds is 7. The van der Waals surface area contributed by atoms with Gasteiger partial charge in [0.05, 0.1) is 10.2 Å². The van der Waals surface area contributed by atoms with Crippen molar-refractivity contribution < 1.29 is 4.79 Å². The minimum atomic E-state index is 0.160. The van der Waals surface area contributed by atoms with Crippen LogP contribution in [-0.2, 0) is 4.79 Å². The van der Waals surface area contributed by atoms with E-state index >= 15 is 0 Å². The molecular formula is C19H26ClN3OS. The van der Waals surface area contributed by atoms with Crippen molar-refractivity contribution in [3.8, 4) is 0 Å². The fourth-order valence-corrected chi connectivity index (χ4v) is 4.75. The molecule has 0 unspecified atom stereocenters. The van der Waals surface area contributed by atoms with Crippen LogP contribution in [-0.4, -0.2) is 42.0 Å². The van der Waals surface area contributed by atoms with Gasteiger partial charge in [-0.05, 0) is 44.1 Å². The molecule has 4 nitrogen and oxygen atoms in total. The van der Waals surface area contributed by atoms with E-state index < -0.39 is 0 Å². The number of anilines is 1. The van der Waals surface area contributed by atoms with Crippen LogP contribution in [0.4, 0.5) is 5.13 Å². The lowest BCUT2D eigenvalue weighted by atomic mass is 10.1. The van der Waals surface area contributed by atoms with Gasteiger partial charge in [0.15, 0.2) is 5.13 Å². The van der Waals surface area contributed by atoms with Crippen LogP contribution in [0.15, 0.2) is 18.2 Å². The second-order valence-electron chi connectivity index (χ2n) is 6.61. The highest BCUT2D eigenvalue weighted by Gasteiger charge is 2.29. The predicted octanol–water partition coefficient (Wildman–Crippen LogP) is 4.81. The predicted molar refractivity (Wildman–Crippen MR) is 107 cm³/mol. The minimum Gasteiger partial charge on any atom is -0.302 e. The van der Waals surface area contributed by atoms with Crippen LogP contribution < -0.4 is 4.90 Å². The lowest BCUT2D eigenvalue weighted by molar-refractivity contribution is -0.122. The standard InChI is InChI=1S/C19H26ClN3OS/c1-3-22(4-2)11-12-23(18(24)14-7-5-6-8-14)19-21-16-10-9-15(20)13-17(16)25-19/h9-10,13-14H,3-8,11-12H2,1-2H3. The summed E-state index contributed by atoms with van der Waals surface area (Å²) < 4.78 is 1.04. The Hall–Kier alpha value is -1.17. The van der Waals surface area contributed by atoms with E-state index in [-0.39, 0.29) is 11.8 Å². The molecule has 25 heavy (non-hydrogen) atoms. The molecule has 1 aliphatic carbocycles. The van der Waals surface area contributed by atoms with Crippen LogP contribution in [0.25, 0.3) is 10.2 Å². The van der Waals surface area contributed by atoms with Gasteiger partial charge in [-0.25, -0.2) is 4.98 Å². The summed E-state index contributed by atoms with van der Waals surface area (Å²) in [7, 11) is 0. The number of fused-ring (bicyclic) bond motifs is 1. The zero-order chi connectivity index (χ0) is 17.8. The van der Waals surface area contributed by atoms with Crippen molar-refractivity contribution in [1.29, 1.82) is 0 Å². The molecule has 2 aromatic rings. The van der Waals surface area contributed by atoms with Crippen molar-refractivity contribution in [3.63, 3.8) is 0 Å². The van der Waals surface area contributed by atoms with Crippen molar-refractivity contribution in [1.82, 2.24) is 9.88 Å². The fourth-order valence-electron chi connectivity index (χ4n) is 3.48. The van der Waals surface area contributed by atoms with Gasteiger partial charge in [-0.2, -0.15) is 0 Å². The lowest BCUT2D eigenvalue weighted by Crippen LogP contribution is -2.41. The van der Waals surface area contributed by atoms with Gasteiger partial charge in [0.25, 0.3) is 0 Å². The number of thiazole rings is 1. The van der Waals surface area contributed by atoms with Crippen LogP contribution in [0.3, 0.4) is 0 Å². The molecule has 1 aromatic heterocycles. The van der Waals surface area contributed by atoms with Crippen LogP contribution in [0.2, 0.25) is 5.02 Å². The van der Waals surface area contributed by atoms with Crippen molar-refractivity contribution in [2.45, 2.75) is 39.5 Å². The third-order valence-electron chi connectivity index (χ3n) is 5.07. The number of carbonyl (C=O) groups is 1. The maximum absolute atomic E-state index is 13.1. The number of likely N-dealkylation sites (N-methyl/N-ethyl adjacent to an activating group) is 1. The molecule has 6 heteroatoms. The Balaban J connectivity index is 1.86. The number of halogens is 1. The quantitative estimate of drug-likeness (QED) is 0.692. The average Bonchev–Trinajstić information content (AvgIpc) is 3.27. The van der Waals surface area contributed by atoms with Crippen molar-refractivity contribution >= 4 is 44.2 Å². The van der Waals surface area contributed by atoms with E-state index in [1.165, 1.54) is 0 Å². The SMILES string of the molecule is CCN(CC)CCN(C(=O)C1CCCC1)c1nc2ccc(Cl)cc2s1. The first kappa shape index (κ1) is 18.6. The Morgan fingerprint density at radius 3 is 2.64 bits per heavy atom. The highest BCUT2D eigenvalue weighted by Crippen LogP contribution is 2.34. The van der Waals surface area contributed by atoms with Gasteiger partial charge in [-0.3, -0.25) is 9.69 Å². The highest BCUT2D eigenvalue weighted by atomic mass is 35.5. The molecule has 1 aromatic carbocycles. The molecule has 0 saturated heterocycles. The highest BCUT2D eigenvalue weighted by molar-refractivity contribution is 7.22. The second-order valence-corrected chi connectivity index (χ2v) is 8.05.